The van der Waals surface area contributed by atoms with Crippen molar-refractivity contribution in [1.29, 1.82) is 0 Å². The maximum Gasteiger partial charge on any atom is 0.170 e. The second-order valence-corrected chi connectivity index (χ2v) is 7.39. The van der Waals surface area contributed by atoms with Gasteiger partial charge in [-0.05, 0) is 44.7 Å². The summed E-state index contributed by atoms with van der Waals surface area (Å²) in [4.78, 5) is 2.58. The van der Waals surface area contributed by atoms with E-state index in [1.165, 1.54) is 19.4 Å². The highest BCUT2D eigenvalue weighted by molar-refractivity contribution is 4.97. The van der Waals surface area contributed by atoms with Crippen LogP contribution in [-0.4, -0.2) is 56.1 Å². The molecule has 3 fully saturated rings. The van der Waals surface area contributed by atoms with Crippen LogP contribution in [-0.2, 0) is 9.47 Å². The van der Waals surface area contributed by atoms with Crippen molar-refractivity contribution in [3.05, 3.63) is 0 Å². The molecule has 4 atom stereocenters. The molecule has 3 rings (SSSR count). The van der Waals surface area contributed by atoms with Crippen LogP contribution < -0.4 is 5.32 Å². The average molecular weight is 296 g/mol. The number of hydrogen-bond acceptors (Lipinski definition) is 4. The summed E-state index contributed by atoms with van der Waals surface area (Å²) < 4.78 is 12.0. The molecule has 1 saturated heterocycles. The molecule has 4 unspecified atom stereocenters. The molecule has 4 nitrogen and oxygen atoms in total. The van der Waals surface area contributed by atoms with Crippen LogP contribution in [0.15, 0.2) is 0 Å². The summed E-state index contributed by atoms with van der Waals surface area (Å²) in [7, 11) is 2.30. The van der Waals surface area contributed by atoms with Crippen LogP contribution >= 0.6 is 0 Å². The third-order valence-electron chi connectivity index (χ3n) is 5.66. The van der Waals surface area contributed by atoms with Crippen LogP contribution in [0.5, 0.6) is 0 Å². The lowest BCUT2D eigenvalue weighted by Crippen LogP contribution is -2.57. The molecule has 4 heteroatoms. The van der Waals surface area contributed by atoms with E-state index >= 15 is 0 Å². The summed E-state index contributed by atoms with van der Waals surface area (Å²) in [5.41, 5.74) is 0. The molecule has 3 aliphatic rings. The van der Waals surface area contributed by atoms with E-state index in [0.29, 0.717) is 12.1 Å². The first-order valence-electron chi connectivity index (χ1n) is 8.85. The van der Waals surface area contributed by atoms with Crippen LogP contribution in [0.3, 0.4) is 0 Å². The number of nitrogens with zero attached hydrogens (tertiary/aromatic N) is 1. The molecule has 122 valence electrons. The SMILES string of the molecule is CCCNC1CCC2(CC1N(C)CC1CC1C)OCCO2. The zero-order chi connectivity index (χ0) is 14.9. The summed E-state index contributed by atoms with van der Waals surface area (Å²) in [6.07, 6.45) is 5.83. The fourth-order valence-electron chi connectivity index (χ4n) is 4.08. The third kappa shape index (κ3) is 3.61. The second-order valence-electron chi connectivity index (χ2n) is 7.39. The molecule has 2 aliphatic carbocycles. The lowest BCUT2D eigenvalue weighted by Gasteiger charge is -2.45. The Kier molecular flexibility index (Phi) is 4.89. The Labute approximate surface area is 129 Å². The first-order chi connectivity index (χ1) is 10.1. The third-order valence-corrected chi connectivity index (χ3v) is 5.66. The second kappa shape index (κ2) is 6.53. The Morgan fingerprint density at radius 3 is 2.62 bits per heavy atom. The molecule has 2 saturated carbocycles. The number of ether oxygens (including phenoxy) is 2. The molecule has 0 aromatic rings. The Morgan fingerprint density at radius 1 is 1.29 bits per heavy atom. The van der Waals surface area contributed by atoms with Gasteiger partial charge in [0.1, 0.15) is 0 Å². The molecule has 0 radical (unpaired) electrons. The van der Waals surface area contributed by atoms with Crippen molar-refractivity contribution in [3.8, 4) is 0 Å². The van der Waals surface area contributed by atoms with Crippen LogP contribution in [0.25, 0.3) is 0 Å². The van der Waals surface area contributed by atoms with E-state index in [2.05, 4.69) is 31.1 Å². The van der Waals surface area contributed by atoms with E-state index in [0.717, 1.165) is 50.9 Å². The molecule has 0 bridgehead atoms. The monoisotopic (exact) mass is 296 g/mol. The zero-order valence-corrected chi connectivity index (χ0v) is 13.9. The predicted octanol–water partition coefficient (Wildman–Crippen LogP) is 2.24. The Hall–Kier alpha value is -0.160. The lowest BCUT2D eigenvalue weighted by molar-refractivity contribution is -0.192. The topological polar surface area (TPSA) is 33.7 Å². The highest BCUT2D eigenvalue weighted by Crippen LogP contribution is 2.41. The number of likely N-dealkylation sites (N-methyl/N-ethyl adjacent to an activating group) is 1. The molecule has 21 heavy (non-hydrogen) atoms. The molecular formula is C17H32N2O2. The van der Waals surface area contributed by atoms with Gasteiger partial charge in [0.2, 0.25) is 0 Å². The van der Waals surface area contributed by atoms with Gasteiger partial charge in [-0.1, -0.05) is 13.8 Å². The minimum Gasteiger partial charge on any atom is -0.347 e. The smallest absolute Gasteiger partial charge is 0.170 e. The quantitative estimate of drug-likeness (QED) is 0.815. The molecule has 0 aromatic heterocycles. The minimum absolute atomic E-state index is 0.279. The predicted molar refractivity (Wildman–Crippen MR) is 84.3 cm³/mol. The molecule has 1 heterocycles. The molecular weight excluding hydrogens is 264 g/mol. The molecule has 1 N–H and O–H groups in total. The van der Waals surface area contributed by atoms with Gasteiger partial charge in [0.15, 0.2) is 5.79 Å². The van der Waals surface area contributed by atoms with E-state index in [1.54, 1.807) is 0 Å². The first kappa shape index (κ1) is 15.7. The van der Waals surface area contributed by atoms with Crippen LogP contribution in [0, 0.1) is 11.8 Å². The van der Waals surface area contributed by atoms with E-state index in [-0.39, 0.29) is 5.79 Å². The first-order valence-corrected chi connectivity index (χ1v) is 8.85. The number of nitrogens with one attached hydrogen (secondary N) is 1. The maximum absolute atomic E-state index is 5.98. The van der Waals surface area contributed by atoms with E-state index in [4.69, 9.17) is 9.47 Å². The van der Waals surface area contributed by atoms with Gasteiger partial charge in [-0.25, -0.2) is 0 Å². The van der Waals surface area contributed by atoms with Crippen LogP contribution in [0.4, 0.5) is 0 Å². The average Bonchev–Trinajstić information content (AvgIpc) is 2.98. The normalized spacial score (nSPS) is 38.3. The Morgan fingerprint density at radius 2 is 2.00 bits per heavy atom. The van der Waals surface area contributed by atoms with E-state index in [1.807, 2.05) is 0 Å². The van der Waals surface area contributed by atoms with E-state index < -0.39 is 0 Å². The fraction of sp³-hybridized carbons (Fsp3) is 1.00. The van der Waals surface area contributed by atoms with Crippen molar-refractivity contribution in [1.82, 2.24) is 10.2 Å². The van der Waals surface area contributed by atoms with Crippen molar-refractivity contribution < 1.29 is 9.47 Å². The van der Waals surface area contributed by atoms with Crippen molar-refractivity contribution in [2.75, 3.05) is 33.4 Å². The van der Waals surface area contributed by atoms with Crippen LogP contribution in [0.1, 0.15) is 46.0 Å². The van der Waals surface area contributed by atoms with Crippen molar-refractivity contribution >= 4 is 0 Å². The highest BCUT2D eigenvalue weighted by Gasteiger charge is 2.47. The largest absolute Gasteiger partial charge is 0.347 e. The van der Waals surface area contributed by atoms with Crippen molar-refractivity contribution in [2.24, 2.45) is 11.8 Å². The van der Waals surface area contributed by atoms with Crippen molar-refractivity contribution in [2.45, 2.75) is 63.8 Å². The van der Waals surface area contributed by atoms with Gasteiger partial charge in [-0.2, -0.15) is 0 Å². The Balaban J connectivity index is 1.63. The molecule has 0 amide bonds. The van der Waals surface area contributed by atoms with Crippen molar-refractivity contribution in [3.63, 3.8) is 0 Å². The molecule has 1 spiro atoms. The summed E-state index contributed by atoms with van der Waals surface area (Å²) in [5, 5.41) is 3.76. The summed E-state index contributed by atoms with van der Waals surface area (Å²) in [5.74, 6) is 1.55. The summed E-state index contributed by atoms with van der Waals surface area (Å²) in [6, 6.07) is 1.12. The van der Waals surface area contributed by atoms with Gasteiger partial charge in [-0.3, -0.25) is 0 Å². The van der Waals surface area contributed by atoms with E-state index in [9.17, 15) is 0 Å². The summed E-state index contributed by atoms with van der Waals surface area (Å²) in [6.45, 7) is 8.49. The number of rotatable bonds is 6. The van der Waals surface area contributed by atoms with Gasteiger partial charge in [0.05, 0.1) is 13.2 Å². The lowest BCUT2D eigenvalue weighted by atomic mass is 9.84. The Bertz CT molecular complexity index is 344. The minimum atomic E-state index is -0.279. The van der Waals surface area contributed by atoms with Gasteiger partial charge in [0.25, 0.3) is 0 Å². The van der Waals surface area contributed by atoms with Gasteiger partial charge in [0, 0.05) is 31.5 Å². The van der Waals surface area contributed by atoms with Gasteiger partial charge >= 0.3 is 0 Å². The molecule has 1 aliphatic heterocycles. The summed E-state index contributed by atoms with van der Waals surface area (Å²) >= 11 is 0. The standard InChI is InChI=1S/C17H32N2O2/c1-4-7-18-15-5-6-17(20-8-9-21-17)11-16(15)19(3)12-14-10-13(14)2/h13-16,18H,4-12H2,1-3H3. The van der Waals surface area contributed by atoms with Crippen LogP contribution in [0.2, 0.25) is 0 Å². The zero-order valence-electron chi connectivity index (χ0n) is 13.9. The maximum atomic E-state index is 5.98. The van der Waals surface area contributed by atoms with Gasteiger partial charge < -0.3 is 19.7 Å². The van der Waals surface area contributed by atoms with Gasteiger partial charge in [-0.15, -0.1) is 0 Å². The highest BCUT2D eigenvalue weighted by atomic mass is 16.7. The molecule has 0 aromatic carbocycles. The fourth-order valence-corrected chi connectivity index (χ4v) is 4.08. The number of hydrogen-bond donors (Lipinski definition) is 1.